The van der Waals surface area contributed by atoms with Crippen molar-refractivity contribution >= 4 is 18.4 Å². The van der Waals surface area contributed by atoms with E-state index in [2.05, 4.69) is 80.8 Å². The molecule has 2 aromatic rings. The van der Waals surface area contributed by atoms with Gasteiger partial charge in [0.15, 0.2) is 0 Å². The zero-order chi connectivity index (χ0) is 17.1. The lowest BCUT2D eigenvalue weighted by Crippen LogP contribution is -2.63. The van der Waals surface area contributed by atoms with E-state index >= 15 is 0 Å². The van der Waals surface area contributed by atoms with Crippen molar-refractivity contribution in [3.8, 4) is 11.5 Å². The predicted molar refractivity (Wildman–Crippen MR) is 102 cm³/mol. The third-order valence-electron chi connectivity index (χ3n) is 4.09. The molecule has 0 fully saturated rings. The molecule has 0 aliphatic carbocycles. The lowest BCUT2D eigenvalue weighted by molar-refractivity contribution is 0.143. The van der Waals surface area contributed by atoms with Gasteiger partial charge in [-0.1, -0.05) is 87.4 Å². The molecule has 120 valence electrons. The maximum Gasteiger partial charge on any atom is 0.204 e. The van der Waals surface area contributed by atoms with E-state index in [9.17, 15) is 5.11 Å². The zero-order valence-corrected chi connectivity index (χ0v) is 15.7. The van der Waals surface area contributed by atoms with Crippen LogP contribution in [0.15, 0.2) is 60.7 Å². The Hall–Kier alpha value is -1.82. The van der Waals surface area contributed by atoms with Crippen LogP contribution < -0.4 is 10.4 Å². The van der Waals surface area contributed by atoms with Gasteiger partial charge in [-0.2, -0.15) is 0 Å². The van der Waals surface area contributed by atoms with Crippen LogP contribution in [0.3, 0.4) is 0 Å². The summed E-state index contributed by atoms with van der Waals surface area (Å²) in [6.07, 6.45) is 0. The zero-order valence-electron chi connectivity index (χ0n) is 14.7. The predicted octanol–water partition coefficient (Wildman–Crippen LogP) is 3.36. The second-order valence-corrected chi connectivity index (χ2v) is 11.9. The summed E-state index contributed by atoms with van der Waals surface area (Å²) in [4.78, 5) is 0. The van der Waals surface area contributed by atoms with E-state index in [4.69, 9.17) is 0 Å². The molecule has 2 aromatic carbocycles. The molecule has 0 aliphatic rings. The molecule has 2 heteroatoms. The van der Waals surface area contributed by atoms with Crippen molar-refractivity contribution in [2.75, 3.05) is 0 Å². The van der Waals surface area contributed by atoms with Crippen LogP contribution in [-0.4, -0.2) is 18.8 Å². The Kier molecular flexibility index (Phi) is 4.84. The minimum absolute atomic E-state index is 0.00600. The summed E-state index contributed by atoms with van der Waals surface area (Å²) in [6, 6.07) is 21.1. The first kappa shape index (κ1) is 17.5. The number of aliphatic hydroxyl groups is 1. The van der Waals surface area contributed by atoms with Gasteiger partial charge in [0.1, 0.15) is 5.60 Å². The number of hydrogen-bond acceptors (Lipinski definition) is 1. The Morgan fingerprint density at radius 1 is 0.739 bits per heavy atom. The first-order chi connectivity index (χ1) is 10.7. The third kappa shape index (κ3) is 3.75. The van der Waals surface area contributed by atoms with Gasteiger partial charge in [0, 0.05) is 0 Å². The molecule has 23 heavy (non-hydrogen) atoms. The van der Waals surface area contributed by atoms with Crippen LogP contribution in [0.4, 0.5) is 0 Å². The summed E-state index contributed by atoms with van der Waals surface area (Å²) >= 11 is 0. The van der Waals surface area contributed by atoms with Gasteiger partial charge in [-0.25, -0.2) is 0 Å². The van der Waals surface area contributed by atoms with Crippen LogP contribution in [0.2, 0.25) is 5.04 Å². The molecule has 0 unspecified atom stereocenters. The second kappa shape index (κ2) is 6.35. The number of benzene rings is 2. The average molecular weight is 323 g/mol. The van der Waals surface area contributed by atoms with Crippen molar-refractivity contribution in [3.05, 3.63) is 60.7 Å². The summed E-state index contributed by atoms with van der Waals surface area (Å²) in [5.74, 6) is 3.13. The van der Waals surface area contributed by atoms with E-state index in [1.54, 1.807) is 13.8 Å². The highest BCUT2D eigenvalue weighted by Crippen LogP contribution is 2.35. The molecule has 0 radical (unpaired) electrons. The summed E-state index contributed by atoms with van der Waals surface area (Å²) in [6.45, 7) is 10.3. The molecule has 1 N–H and O–H groups in total. The van der Waals surface area contributed by atoms with E-state index in [1.165, 1.54) is 10.4 Å². The van der Waals surface area contributed by atoms with E-state index in [1.807, 2.05) is 12.1 Å². The van der Waals surface area contributed by atoms with Gasteiger partial charge < -0.3 is 5.11 Å². The molecule has 0 amide bonds. The molecule has 0 atom stereocenters. The normalized spacial score (nSPS) is 12.4. The maximum absolute atomic E-state index is 10.2. The monoisotopic (exact) mass is 322 g/mol. The van der Waals surface area contributed by atoms with E-state index in [0.29, 0.717) is 0 Å². The number of hydrogen-bond donors (Lipinski definition) is 1. The first-order valence-corrected chi connectivity index (χ1v) is 10.0. The third-order valence-corrected chi connectivity index (χ3v) is 9.24. The average Bonchev–Trinajstić information content (AvgIpc) is 2.47. The molecular formula is C21H26OSi. The molecule has 0 bridgehead atoms. The highest BCUT2D eigenvalue weighted by Gasteiger charge is 2.47. The quantitative estimate of drug-likeness (QED) is 0.664. The molecule has 1 nitrogen and oxygen atoms in total. The van der Waals surface area contributed by atoms with Gasteiger partial charge >= 0.3 is 0 Å². The lowest BCUT2D eigenvalue weighted by atomic mass is 10.2. The van der Waals surface area contributed by atoms with Gasteiger partial charge in [-0.3, -0.25) is 0 Å². The molecule has 2 rings (SSSR count). The Bertz CT molecular complexity index is 655. The minimum atomic E-state index is -2.38. The fraction of sp³-hybridized carbons (Fsp3) is 0.333. The van der Waals surface area contributed by atoms with Crippen molar-refractivity contribution < 1.29 is 5.11 Å². The Labute approximate surface area is 141 Å². The van der Waals surface area contributed by atoms with Crippen LogP contribution in [-0.2, 0) is 0 Å². The summed E-state index contributed by atoms with van der Waals surface area (Å²) in [5, 5.41) is 12.8. The molecular weight excluding hydrogens is 296 g/mol. The maximum atomic E-state index is 10.2. The van der Waals surface area contributed by atoms with Crippen LogP contribution in [0.5, 0.6) is 0 Å². The standard InChI is InChI=1S/C21H26OSi/c1-20(2,3)23(17-16-21(4,5)22,18-12-8-6-9-13-18)19-14-10-7-11-15-19/h6-15,22H,1-5H3. The van der Waals surface area contributed by atoms with Crippen LogP contribution in [0, 0.1) is 11.5 Å². The second-order valence-electron chi connectivity index (χ2n) is 7.54. The van der Waals surface area contributed by atoms with Gasteiger partial charge in [-0.15, -0.1) is 5.54 Å². The smallest absolute Gasteiger partial charge is 0.204 e. The highest BCUT2D eigenvalue weighted by atomic mass is 28.3. The fourth-order valence-corrected chi connectivity index (χ4v) is 7.59. The highest BCUT2D eigenvalue weighted by molar-refractivity contribution is 7.10. The van der Waals surface area contributed by atoms with E-state index in [-0.39, 0.29) is 5.04 Å². The van der Waals surface area contributed by atoms with Crippen molar-refractivity contribution in [1.29, 1.82) is 0 Å². The lowest BCUT2D eigenvalue weighted by Gasteiger charge is -2.39. The van der Waals surface area contributed by atoms with Crippen molar-refractivity contribution in [3.63, 3.8) is 0 Å². The Morgan fingerprint density at radius 2 is 1.13 bits per heavy atom. The van der Waals surface area contributed by atoms with Gasteiger partial charge in [-0.05, 0) is 29.3 Å². The Balaban J connectivity index is 2.83. The molecule has 0 heterocycles. The number of rotatable bonds is 2. The first-order valence-electron chi connectivity index (χ1n) is 8.04. The summed E-state index contributed by atoms with van der Waals surface area (Å²) < 4.78 is 0. The SMILES string of the molecule is CC(C)(O)C#C[Si](c1ccccc1)(c1ccccc1)C(C)(C)C. The van der Waals surface area contributed by atoms with E-state index < -0.39 is 13.7 Å². The van der Waals surface area contributed by atoms with Crippen LogP contribution in [0.1, 0.15) is 34.6 Å². The largest absolute Gasteiger partial charge is 0.378 e. The minimum Gasteiger partial charge on any atom is -0.378 e. The van der Waals surface area contributed by atoms with Gasteiger partial charge in [0.05, 0.1) is 0 Å². The van der Waals surface area contributed by atoms with Gasteiger partial charge in [0.25, 0.3) is 0 Å². The molecule has 0 aliphatic heterocycles. The Morgan fingerprint density at radius 3 is 1.43 bits per heavy atom. The topological polar surface area (TPSA) is 20.2 Å². The van der Waals surface area contributed by atoms with Crippen molar-refractivity contribution in [2.24, 2.45) is 0 Å². The van der Waals surface area contributed by atoms with E-state index in [0.717, 1.165) is 0 Å². The molecule has 0 aromatic heterocycles. The summed E-state index contributed by atoms with van der Waals surface area (Å²) in [5.41, 5.74) is 2.59. The molecule has 0 spiro atoms. The molecule has 0 saturated heterocycles. The van der Waals surface area contributed by atoms with Crippen molar-refractivity contribution in [1.82, 2.24) is 0 Å². The molecule has 0 saturated carbocycles. The van der Waals surface area contributed by atoms with Crippen molar-refractivity contribution in [2.45, 2.75) is 45.3 Å². The summed E-state index contributed by atoms with van der Waals surface area (Å²) in [7, 11) is -2.38. The van der Waals surface area contributed by atoms with Gasteiger partial charge in [0.2, 0.25) is 8.07 Å². The fourth-order valence-electron chi connectivity index (χ4n) is 2.99. The van der Waals surface area contributed by atoms with Crippen LogP contribution in [0.25, 0.3) is 0 Å². The van der Waals surface area contributed by atoms with Crippen LogP contribution >= 0.6 is 0 Å².